The van der Waals surface area contributed by atoms with Crippen molar-refractivity contribution in [1.82, 2.24) is 5.32 Å². The number of hydrogen-bond acceptors (Lipinski definition) is 3. The zero-order valence-electron chi connectivity index (χ0n) is 7.33. The third kappa shape index (κ3) is 3.26. The highest BCUT2D eigenvalue weighted by Crippen LogP contribution is 2.14. The number of hydrogen-bond donors (Lipinski definition) is 1. The van der Waals surface area contributed by atoms with Crippen LogP contribution in [-0.2, 0) is 11.3 Å². The molecule has 0 aliphatic carbocycles. The van der Waals surface area contributed by atoms with Crippen LogP contribution in [0.25, 0.3) is 0 Å². The standard InChI is InChI=1S/C9H10N2OS/c1-7-2-3-8(13-7)6-11-9(12)4-5-10/h2-3H,4,6H2,1H3,(H,11,12). The Kier molecular flexibility index (Phi) is 3.47. The maximum atomic E-state index is 10.9. The van der Waals surface area contributed by atoms with Gasteiger partial charge in [-0.3, -0.25) is 4.79 Å². The van der Waals surface area contributed by atoms with Crippen LogP contribution in [0, 0.1) is 18.3 Å². The van der Waals surface area contributed by atoms with Crippen molar-refractivity contribution in [2.75, 3.05) is 0 Å². The molecular weight excluding hydrogens is 184 g/mol. The number of rotatable bonds is 3. The van der Waals surface area contributed by atoms with Crippen molar-refractivity contribution < 1.29 is 4.79 Å². The lowest BCUT2D eigenvalue weighted by Gasteiger charge is -1.98. The zero-order chi connectivity index (χ0) is 9.68. The van der Waals surface area contributed by atoms with Crippen LogP contribution in [0.3, 0.4) is 0 Å². The topological polar surface area (TPSA) is 52.9 Å². The molecule has 0 fully saturated rings. The maximum absolute atomic E-state index is 10.9. The molecule has 0 aromatic carbocycles. The fraction of sp³-hybridized carbons (Fsp3) is 0.333. The van der Waals surface area contributed by atoms with Gasteiger partial charge in [0, 0.05) is 9.75 Å². The largest absolute Gasteiger partial charge is 0.350 e. The van der Waals surface area contributed by atoms with E-state index in [0.29, 0.717) is 6.54 Å². The molecule has 0 bridgehead atoms. The summed E-state index contributed by atoms with van der Waals surface area (Å²) in [4.78, 5) is 13.2. The third-order valence-corrected chi connectivity index (χ3v) is 2.50. The molecule has 1 N–H and O–H groups in total. The molecule has 1 heterocycles. The number of nitrogens with one attached hydrogen (secondary N) is 1. The van der Waals surface area contributed by atoms with Crippen molar-refractivity contribution in [3.05, 3.63) is 21.9 Å². The van der Waals surface area contributed by atoms with Crippen LogP contribution >= 0.6 is 11.3 Å². The lowest BCUT2D eigenvalue weighted by atomic mass is 10.4. The van der Waals surface area contributed by atoms with Crippen LogP contribution in [0.2, 0.25) is 0 Å². The van der Waals surface area contributed by atoms with Gasteiger partial charge in [-0.2, -0.15) is 5.26 Å². The van der Waals surface area contributed by atoms with Gasteiger partial charge in [-0.1, -0.05) is 0 Å². The summed E-state index contributed by atoms with van der Waals surface area (Å²) >= 11 is 1.65. The molecule has 0 unspecified atom stereocenters. The van der Waals surface area contributed by atoms with Crippen LogP contribution in [0.1, 0.15) is 16.2 Å². The SMILES string of the molecule is Cc1ccc(CNC(=O)CC#N)s1. The first-order valence-corrected chi connectivity index (χ1v) is 4.73. The van der Waals surface area contributed by atoms with E-state index in [2.05, 4.69) is 5.32 Å². The molecule has 1 rings (SSSR count). The van der Waals surface area contributed by atoms with Crippen molar-refractivity contribution in [2.45, 2.75) is 19.9 Å². The van der Waals surface area contributed by atoms with Crippen LogP contribution < -0.4 is 5.32 Å². The molecule has 4 heteroatoms. The van der Waals surface area contributed by atoms with Crippen LogP contribution in [0.15, 0.2) is 12.1 Å². The van der Waals surface area contributed by atoms with E-state index >= 15 is 0 Å². The molecule has 0 saturated carbocycles. The zero-order valence-corrected chi connectivity index (χ0v) is 8.15. The number of thiophene rings is 1. The molecule has 0 spiro atoms. The van der Waals surface area contributed by atoms with Gasteiger partial charge in [0.25, 0.3) is 0 Å². The Balaban J connectivity index is 2.36. The molecule has 68 valence electrons. The fourth-order valence-electron chi connectivity index (χ4n) is 0.900. The van der Waals surface area contributed by atoms with Crippen molar-refractivity contribution >= 4 is 17.2 Å². The molecule has 0 atom stereocenters. The number of amides is 1. The quantitative estimate of drug-likeness (QED) is 0.794. The summed E-state index contributed by atoms with van der Waals surface area (Å²) in [5.74, 6) is -0.214. The second-order valence-electron chi connectivity index (χ2n) is 2.62. The number of carbonyl (C=O) groups excluding carboxylic acids is 1. The lowest BCUT2D eigenvalue weighted by molar-refractivity contribution is -0.120. The first-order valence-electron chi connectivity index (χ1n) is 3.91. The summed E-state index contributed by atoms with van der Waals surface area (Å²) in [6.07, 6.45) is -0.0651. The van der Waals surface area contributed by atoms with Crippen molar-refractivity contribution in [3.8, 4) is 6.07 Å². The first kappa shape index (κ1) is 9.75. The van der Waals surface area contributed by atoms with Gasteiger partial charge in [0.2, 0.25) is 5.91 Å². The summed E-state index contributed by atoms with van der Waals surface area (Å²) in [7, 11) is 0. The van der Waals surface area contributed by atoms with Gasteiger partial charge in [0.1, 0.15) is 6.42 Å². The predicted molar refractivity (Wildman–Crippen MR) is 51.1 cm³/mol. The summed E-state index contributed by atoms with van der Waals surface area (Å²) in [6.45, 7) is 2.55. The normalized spacial score (nSPS) is 9.23. The van der Waals surface area contributed by atoms with Gasteiger partial charge >= 0.3 is 0 Å². The molecule has 1 aromatic rings. The number of nitriles is 1. The lowest BCUT2D eigenvalue weighted by Crippen LogP contribution is -2.21. The molecule has 13 heavy (non-hydrogen) atoms. The summed E-state index contributed by atoms with van der Waals surface area (Å²) in [6, 6.07) is 5.79. The first-order chi connectivity index (χ1) is 6.22. The van der Waals surface area contributed by atoms with E-state index in [1.54, 1.807) is 17.4 Å². The van der Waals surface area contributed by atoms with E-state index in [4.69, 9.17) is 5.26 Å². The van der Waals surface area contributed by atoms with E-state index < -0.39 is 0 Å². The maximum Gasteiger partial charge on any atom is 0.234 e. The van der Waals surface area contributed by atoms with Crippen LogP contribution in [-0.4, -0.2) is 5.91 Å². The Labute approximate surface area is 81.0 Å². The summed E-state index contributed by atoms with van der Waals surface area (Å²) < 4.78 is 0. The minimum absolute atomic E-state index is 0.0651. The van der Waals surface area contributed by atoms with Crippen molar-refractivity contribution in [2.24, 2.45) is 0 Å². The molecule has 0 aliphatic rings. The highest BCUT2D eigenvalue weighted by molar-refractivity contribution is 7.11. The second-order valence-corrected chi connectivity index (χ2v) is 4.00. The summed E-state index contributed by atoms with van der Waals surface area (Å²) in [5.41, 5.74) is 0. The Morgan fingerprint density at radius 2 is 2.46 bits per heavy atom. The molecule has 1 aromatic heterocycles. The fourth-order valence-corrected chi connectivity index (χ4v) is 1.73. The number of nitrogens with zero attached hydrogens (tertiary/aromatic N) is 1. The summed E-state index contributed by atoms with van der Waals surface area (Å²) in [5, 5.41) is 10.9. The number of carbonyl (C=O) groups is 1. The molecular formula is C9H10N2OS. The average Bonchev–Trinajstić information content (AvgIpc) is 2.49. The average molecular weight is 194 g/mol. The minimum Gasteiger partial charge on any atom is -0.350 e. The molecule has 0 radical (unpaired) electrons. The Hall–Kier alpha value is -1.34. The van der Waals surface area contributed by atoms with E-state index in [0.717, 1.165) is 4.88 Å². The van der Waals surface area contributed by atoms with Gasteiger partial charge in [-0.05, 0) is 19.1 Å². The molecule has 0 saturated heterocycles. The van der Waals surface area contributed by atoms with E-state index in [9.17, 15) is 4.79 Å². The smallest absolute Gasteiger partial charge is 0.234 e. The monoisotopic (exact) mass is 194 g/mol. The van der Waals surface area contributed by atoms with Crippen molar-refractivity contribution in [3.63, 3.8) is 0 Å². The Morgan fingerprint density at radius 3 is 3.00 bits per heavy atom. The highest BCUT2D eigenvalue weighted by Gasteiger charge is 2.00. The Morgan fingerprint density at radius 1 is 1.69 bits per heavy atom. The van der Waals surface area contributed by atoms with Crippen LogP contribution in [0.4, 0.5) is 0 Å². The molecule has 1 amide bonds. The van der Waals surface area contributed by atoms with Gasteiger partial charge in [0.05, 0.1) is 12.6 Å². The van der Waals surface area contributed by atoms with E-state index in [-0.39, 0.29) is 12.3 Å². The van der Waals surface area contributed by atoms with Gasteiger partial charge in [-0.15, -0.1) is 11.3 Å². The van der Waals surface area contributed by atoms with Gasteiger partial charge in [-0.25, -0.2) is 0 Å². The predicted octanol–water partition coefficient (Wildman–Crippen LogP) is 1.59. The van der Waals surface area contributed by atoms with Gasteiger partial charge in [0.15, 0.2) is 0 Å². The van der Waals surface area contributed by atoms with E-state index in [1.807, 2.05) is 19.1 Å². The van der Waals surface area contributed by atoms with E-state index in [1.165, 1.54) is 4.88 Å². The molecule has 3 nitrogen and oxygen atoms in total. The van der Waals surface area contributed by atoms with Crippen LogP contribution in [0.5, 0.6) is 0 Å². The third-order valence-electron chi connectivity index (χ3n) is 1.50. The number of aryl methyl sites for hydroxylation is 1. The second kappa shape index (κ2) is 4.63. The molecule has 0 aliphatic heterocycles. The van der Waals surface area contributed by atoms with Gasteiger partial charge < -0.3 is 5.32 Å². The van der Waals surface area contributed by atoms with Crippen molar-refractivity contribution in [1.29, 1.82) is 5.26 Å². The highest BCUT2D eigenvalue weighted by atomic mass is 32.1. The minimum atomic E-state index is -0.214. The Bertz CT molecular complexity index is 338.